The van der Waals surface area contributed by atoms with Crippen LogP contribution in [0.25, 0.3) is 0 Å². The van der Waals surface area contributed by atoms with Crippen LogP contribution in [-0.4, -0.2) is 37.9 Å². The number of ether oxygens (including phenoxy) is 3. The van der Waals surface area contributed by atoms with Crippen molar-refractivity contribution in [2.24, 2.45) is 0 Å². The maximum absolute atomic E-state index is 12.6. The smallest absolute Gasteiger partial charge is 0.306 e. The van der Waals surface area contributed by atoms with Gasteiger partial charge in [0.15, 0.2) is 0 Å². The topological polar surface area (TPSA) is 61.8 Å². The van der Waals surface area contributed by atoms with Gasteiger partial charge < -0.3 is 14.2 Å². The van der Waals surface area contributed by atoms with Gasteiger partial charge in [-0.1, -0.05) is 268 Å². The first-order valence-corrected chi connectivity index (χ1v) is 27.8. The summed E-state index contributed by atoms with van der Waals surface area (Å²) in [4.78, 5) is 25.2. The summed E-state index contributed by atoms with van der Waals surface area (Å²) in [5, 5.41) is 0. The predicted molar refractivity (Wildman–Crippen MR) is 279 cm³/mol. The van der Waals surface area contributed by atoms with E-state index in [1.54, 1.807) is 0 Å². The molecule has 0 spiro atoms. The molecule has 0 unspecified atom stereocenters. The summed E-state index contributed by atoms with van der Waals surface area (Å²) in [5.41, 5.74) is 0. The van der Waals surface area contributed by atoms with Crippen LogP contribution in [0.15, 0.2) is 60.8 Å². The van der Waals surface area contributed by atoms with Gasteiger partial charge in [-0.2, -0.15) is 0 Å². The van der Waals surface area contributed by atoms with Crippen LogP contribution >= 0.6 is 0 Å². The summed E-state index contributed by atoms with van der Waals surface area (Å²) >= 11 is 0. The zero-order valence-electron chi connectivity index (χ0n) is 42.8. The molecule has 64 heavy (non-hydrogen) atoms. The highest BCUT2D eigenvalue weighted by atomic mass is 16.6. The highest BCUT2D eigenvalue weighted by Crippen LogP contribution is 2.16. The fourth-order valence-electron chi connectivity index (χ4n) is 7.88. The Bertz CT molecular complexity index is 1100. The third-order valence-electron chi connectivity index (χ3n) is 12.1. The molecule has 0 saturated carbocycles. The van der Waals surface area contributed by atoms with E-state index in [4.69, 9.17) is 14.2 Å². The Morgan fingerprint density at radius 1 is 0.328 bits per heavy atom. The molecular weight excluding hydrogens is 789 g/mol. The summed E-state index contributed by atoms with van der Waals surface area (Å²) in [6, 6.07) is 0. The van der Waals surface area contributed by atoms with Gasteiger partial charge >= 0.3 is 11.9 Å². The van der Waals surface area contributed by atoms with Gasteiger partial charge in [0.1, 0.15) is 19.3 Å². The van der Waals surface area contributed by atoms with E-state index in [9.17, 15) is 9.59 Å². The number of rotatable bonds is 51. The predicted octanol–water partition coefficient (Wildman–Crippen LogP) is 18.9. The monoisotopic (exact) mass is 895 g/mol. The van der Waals surface area contributed by atoms with E-state index in [1.807, 2.05) is 6.08 Å². The number of esters is 2. The molecule has 372 valence electrons. The molecular formula is C59H106O5. The average molecular weight is 895 g/mol. The molecule has 0 amide bonds. The maximum Gasteiger partial charge on any atom is 0.306 e. The van der Waals surface area contributed by atoms with E-state index in [2.05, 4.69) is 75.5 Å². The summed E-state index contributed by atoms with van der Waals surface area (Å²) in [7, 11) is 0. The van der Waals surface area contributed by atoms with Gasteiger partial charge in [0.25, 0.3) is 0 Å². The Morgan fingerprint density at radius 2 is 0.625 bits per heavy atom. The van der Waals surface area contributed by atoms with Crippen LogP contribution in [0, 0.1) is 0 Å². The summed E-state index contributed by atoms with van der Waals surface area (Å²) < 4.78 is 17.4. The molecule has 1 atom stereocenters. The van der Waals surface area contributed by atoms with Crippen LogP contribution < -0.4 is 0 Å². The van der Waals surface area contributed by atoms with Gasteiger partial charge in [-0.05, 0) is 57.8 Å². The van der Waals surface area contributed by atoms with Crippen LogP contribution in [-0.2, 0) is 23.8 Å². The number of unbranched alkanes of at least 4 members (excludes halogenated alkanes) is 30. The van der Waals surface area contributed by atoms with E-state index in [0.29, 0.717) is 25.9 Å². The Balaban J connectivity index is 4.34. The number of hydrogen-bond donors (Lipinski definition) is 0. The van der Waals surface area contributed by atoms with Gasteiger partial charge in [-0.25, -0.2) is 0 Å². The van der Waals surface area contributed by atoms with Gasteiger partial charge in [0.05, 0.1) is 0 Å². The van der Waals surface area contributed by atoms with E-state index in [1.165, 1.54) is 186 Å². The number of carbonyl (C=O) groups is 2. The van der Waals surface area contributed by atoms with Crippen molar-refractivity contribution in [3.05, 3.63) is 60.8 Å². The van der Waals surface area contributed by atoms with Crippen molar-refractivity contribution in [1.82, 2.24) is 0 Å². The molecule has 0 aromatic rings. The molecule has 0 aromatic carbocycles. The summed E-state index contributed by atoms with van der Waals surface area (Å²) in [5.74, 6) is -0.415. The van der Waals surface area contributed by atoms with Gasteiger partial charge in [0.2, 0.25) is 0 Å². The first-order valence-electron chi connectivity index (χ1n) is 27.8. The first-order chi connectivity index (χ1) is 31.6. The highest BCUT2D eigenvalue weighted by Gasteiger charge is 2.16. The molecule has 0 radical (unpaired) electrons. The maximum atomic E-state index is 12.6. The van der Waals surface area contributed by atoms with Crippen LogP contribution in [0.5, 0.6) is 0 Å². The van der Waals surface area contributed by atoms with E-state index < -0.39 is 6.10 Å². The molecule has 0 N–H and O–H groups in total. The Hall–Kier alpha value is -2.40. The van der Waals surface area contributed by atoms with Crippen molar-refractivity contribution in [2.45, 2.75) is 284 Å². The average Bonchev–Trinajstić information content (AvgIpc) is 3.30. The minimum atomic E-state index is -0.427. The quantitative estimate of drug-likeness (QED) is 0.0346. The second-order valence-corrected chi connectivity index (χ2v) is 18.5. The van der Waals surface area contributed by atoms with E-state index >= 15 is 0 Å². The van der Waals surface area contributed by atoms with Crippen molar-refractivity contribution in [3.8, 4) is 0 Å². The zero-order valence-corrected chi connectivity index (χ0v) is 42.8. The third-order valence-corrected chi connectivity index (χ3v) is 12.1. The Morgan fingerprint density at radius 3 is 1.02 bits per heavy atom. The fourth-order valence-corrected chi connectivity index (χ4v) is 7.88. The van der Waals surface area contributed by atoms with Crippen molar-refractivity contribution in [1.29, 1.82) is 0 Å². The second kappa shape index (κ2) is 54.9. The van der Waals surface area contributed by atoms with Crippen molar-refractivity contribution >= 4 is 11.9 Å². The van der Waals surface area contributed by atoms with Crippen molar-refractivity contribution in [3.63, 3.8) is 0 Å². The zero-order chi connectivity index (χ0) is 46.3. The molecule has 5 nitrogen and oxygen atoms in total. The normalized spacial score (nSPS) is 12.6. The minimum absolute atomic E-state index is 0.121. The van der Waals surface area contributed by atoms with E-state index in [0.717, 1.165) is 51.4 Å². The minimum Gasteiger partial charge on any atom is -0.463 e. The Labute approximate surface area is 398 Å². The number of allylic oxidation sites excluding steroid dienone is 10. The molecule has 0 aliphatic carbocycles. The van der Waals surface area contributed by atoms with Crippen LogP contribution in [0.1, 0.15) is 278 Å². The number of hydrogen-bond acceptors (Lipinski definition) is 5. The number of carbonyl (C=O) groups excluding carboxylic acids is 2. The van der Waals surface area contributed by atoms with Crippen LogP contribution in [0.4, 0.5) is 0 Å². The molecule has 0 saturated heterocycles. The van der Waals surface area contributed by atoms with Gasteiger partial charge in [-0.15, -0.1) is 0 Å². The van der Waals surface area contributed by atoms with Gasteiger partial charge in [-0.3, -0.25) is 9.59 Å². The van der Waals surface area contributed by atoms with Crippen LogP contribution in [0.2, 0.25) is 0 Å². The lowest BCUT2D eigenvalue weighted by Crippen LogP contribution is -2.29. The first kappa shape index (κ1) is 61.6. The SMILES string of the molecule is CCCCC/C=C\C/C=C\C/C=C\C/C=C\C/C=C\CCC(=O)OC[C@H](COC(=O)CCCCCCCCCCCCCCC)OCCCCCCCCCCCCCCCCCC. The molecule has 0 bridgehead atoms. The highest BCUT2D eigenvalue weighted by molar-refractivity contribution is 5.70. The van der Waals surface area contributed by atoms with Gasteiger partial charge in [0, 0.05) is 19.4 Å². The van der Waals surface area contributed by atoms with Crippen LogP contribution in [0.3, 0.4) is 0 Å². The Kier molecular flexibility index (Phi) is 52.9. The molecule has 0 aliphatic heterocycles. The molecule has 5 heteroatoms. The molecule has 0 aliphatic rings. The molecule has 0 heterocycles. The molecule has 0 rings (SSSR count). The molecule has 0 fully saturated rings. The summed E-state index contributed by atoms with van der Waals surface area (Å²) in [6.45, 7) is 7.66. The third kappa shape index (κ3) is 52.2. The lowest BCUT2D eigenvalue weighted by molar-refractivity contribution is -0.155. The van der Waals surface area contributed by atoms with Crippen molar-refractivity contribution < 1.29 is 23.8 Å². The van der Waals surface area contributed by atoms with Crippen molar-refractivity contribution in [2.75, 3.05) is 19.8 Å². The fraction of sp³-hybridized carbons (Fsp3) is 0.797. The lowest BCUT2D eigenvalue weighted by atomic mass is 10.0. The molecule has 0 aromatic heterocycles. The lowest BCUT2D eigenvalue weighted by Gasteiger charge is -2.18. The second-order valence-electron chi connectivity index (χ2n) is 18.5. The van der Waals surface area contributed by atoms with E-state index in [-0.39, 0.29) is 25.2 Å². The summed E-state index contributed by atoms with van der Waals surface area (Å²) in [6.07, 6.45) is 69.8. The standard InChI is InChI=1S/C59H106O5/c1-4-7-10-13-16-19-22-25-27-29-30-31-32-35-38-41-44-47-50-53-59(61)64-56-57(55-63-58(60)52-49-46-43-40-37-34-24-21-18-15-12-9-6-3)62-54-51-48-45-42-39-36-33-28-26-23-20-17-14-11-8-5-2/h16,19,25,27,30-31,35,38,44,47,57H,4-15,17-18,20-24,26,28-29,32-34,36-37,39-43,45-46,48-56H2,1-3H3/b19-16-,27-25-,31-30-,38-35-,47-44-/t57-/m0/s1. The largest absolute Gasteiger partial charge is 0.463 e.